The van der Waals surface area contributed by atoms with Crippen molar-refractivity contribution >= 4 is 0 Å². The summed E-state index contributed by atoms with van der Waals surface area (Å²) in [7, 11) is 0. The molecule has 0 saturated heterocycles. The molecule has 0 N–H and O–H groups in total. The van der Waals surface area contributed by atoms with E-state index in [0.717, 1.165) is 12.1 Å². The van der Waals surface area contributed by atoms with Crippen LogP contribution in [0.4, 0.5) is 0 Å². The lowest BCUT2D eigenvalue weighted by Gasteiger charge is -1.99. The van der Waals surface area contributed by atoms with Crippen LogP contribution in [-0.2, 0) is 6.42 Å². The number of imidazole rings is 1. The van der Waals surface area contributed by atoms with Crippen molar-refractivity contribution in [3.63, 3.8) is 0 Å². The van der Waals surface area contributed by atoms with Crippen molar-refractivity contribution in [1.29, 1.82) is 0 Å². The van der Waals surface area contributed by atoms with Gasteiger partial charge in [-0.25, -0.2) is 15.0 Å². The first kappa shape index (κ1) is 9.83. The van der Waals surface area contributed by atoms with Gasteiger partial charge in [0.25, 0.3) is 0 Å². The average molecular weight is 202 g/mol. The van der Waals surface area contributed by atoms with E-state index in [-0.39, 0.29) is 0 Å². The summed E-state index contributed by atoms with van der Waals surface area (Å²) in [5.74, 6) is 1.28. The van der Waals surface area contributed by atoms with Crippen LogP contribution in [0.5, 0.6) is 0 Å². The van der Waals surface area contributed by atoms with Gasteiger partial charge in [0.05, 0.1) is 5.69 Å². The standard InChI is InChI=1S/C11H14N4/c1-9(2)6-10-7-15(8-14-10)11-12-4-3-5-13-11/h3-5,7-9H,6H2,1-2H3. The number of hydrogen-bond donors (Lipinski definition) is 0. The first-order valence-corrected chi connectivity index (χ1v) is 5.06. The molecule has 4 heteroatoms. The molecule has 0 aromatic carbocycles. The second-order valence-corrected chi connectivity index (χ2v) is 3.92. The van der Waals surface area contributed by atoms with E-state index < -0.39 is 0 Å². The van der Waals surface area contributed by atoms with Gasteiger partial charge in [0.2, 0.25) is 5.95 Å². The van der Waals surface area contributed by atoms with Crippen LogP contribution in [0.2, 0.25) is 0 Å². The molecule has 15 heavy (non-hydrogen) atoms. The highest BCUT2D eigenvalue weighted by molar-refractivity contribution is 5.13. The summed E-state index contributed by atoms with van der Waals surface area (Å²) in [6.07, 6.45) is 8.18. The maximum atomic E-state index is 4.32. The van der Waals surface area contributed by atoms with Crippen LogP contribution >= 0.6 is 0 Å². The molecule has 2 rings (SSSR count). The fourth-order valence-corrected chi connectivity index (χ4v) is 1.42. The molecule has 2 aromatic heterocycles. The third-order valence-electron chi connectivity index (χ3n) is 2.04. The lowest BCUT2D eigenvalue weighted by atomic mass is 10.1. The van der Waals surface area contributed by atoms with Gasteiger partial charge in [0.1, 0.15) is 6.33 Å². The largest absolute Gasteiger partial charge is 0.274 e. The summed E-state index contributed by atoms with van der Waals surface area (Å²) in [5, 5.41) is 0. The van der Waals surface area contributed by atoms with Crippen molar-refractivity contribution in [3.05, 3.63) is 36.7 Å². The van der Waals surface area contributed by atoms with Gasteiger partial charge in [0, 0.05) is 18.6 Å². The van der Waals surface area contributed by atoms with Gasteiger partial charge in [-0.15, -0.1) is 0 Å². The first-order valence-electron chi connectivity index (χ1n) is 5.06. The summed E-state index contributed by atoms with van der Waals surface area (Å²) >= 11 is 0. The number of rotatable bonds is 3. The zero-order valence-corrected chi connectivity index (χ0v) is 8.96. The minimum atomic E-state index is 0.616. The molecule has 78 valence electrons. The fraction of sp³-hybridized carbons (Fsp3) is 0.364. The summed E-state index contributed by atoms with van der Waals surface area (Å²) in [4.78, 5) is 12.6. The summed E-state index contributed by atoms with van der Waals surface area (Å²) in [6, 6.07) is 1.80. The van der Waals surface area contributed by atoms with Crippen molar-refractivity contribution in [2.75, 3.05) is 0 Å². The minimum Gasteiger partial charge on any atom is -0.274 e. The van der Waals surface area contributed by atoms with Gasteiger partial charge in [-0.05, 0) is 18.4 Å². The highest BCUT2D eigenvalue weighted by Crippen LogP contribution is 2.07. The molecule has 4 nitrogen and oxygen atoms in total. The van der Waals surface area contributed by atoms with E-state index in [1.165, 1.54) is 0 Å². The monoisotopic (exact) mass is 202 g/mol. The Labute approximate surface area is 89.0 Å². The highest BCUT2D eigenvalue weighted by atomic mass is 15.2. The van der Waals surface area contributed by atoms with E-state index in [2.05, 4.69) is 28.8 Å². The van der Waals surface area contributed by atoms with Crippen molar-refractivity contribution in [2.24, 2.45) is 5.92 Å². The van der Waals surface area contributed by atoms with E-state index >= 15 is 0 Å². The predicted molar refractivity (Wildman–Crippen MR) is 57.7 cm³/mol. The van der Waals surface area contributed by atoms with Crippen molar-refractivity contribution < 1.29 is 0 Å². The third kappa shape index (κ3) is 2.40. The third-order valence-corrected chi connectivity index (χ3v) is 2.04. The Bertz CT molecular complexity index is 419. The smallest absolute Gasteiger partial charge is 0.234 e. The number of aromatic nitrogens is 4. The molecule has 0 atom stereocenters. The molecular formula is C11H14N4. The van der Waals surface area contributed by atoms with Crippen LogP contribution in [0.15, 0.2) is 31.0 Å². The van der Waals surface area contributed by atoms with E-state index in [1.54, 1.807) is 24.8 Å². The minimum absolute atomic E-state index is 0.616. The van der Waals surface area contributed by atoms with Gasteiger partial charge in [-0.3, -0.25) is 4.57 Å². The Morgan fingerprint density at radius 2 is 1.93 bits per heavy atom. The molecule has 0 radical (unpaired) electrons. The molecule has 0 bridgehead atoms. The number of nitrogens with zero attached hydrogens (tertiary/aromatic N) is 4. The summed E-state index contributed by atoms with van der Waals surface area (Å²) in [6.45, 7) is 4.36. The van der Waals surface area contributed by atoms with Crippen LogP contribution in [0.25, 0.3) is 5.95 Å². The molecule has 2 aromatic rings. The Morgan fingerprint density at radius 3 is 2.60 bits per heavy atom. The molecular weight excluding hydrogens is 188 g/mol. The van der Waals surface area contributed by atoms with E-state index in [0.29, 0.717) is 11.9 Å². The molecule has 0 saturated carbocycles. The molecule has 0 fully saturated rings. The Morgan fingerprint density at radius 1 is 1.20 bits per heavy atom. The Hall–Kier alpha value is -1.71. The van der Waals surface area contributed by atoms with Crippen LogP contribution in [0.3, 0.4) is 0 Å². The molecule has 0 aliphatic carbocycles. The zero-order valence-electron chi connectivity index (χ0n) is 8.96. The molecule has 0 unspecified atom stereocenters. The van der Waals surface area contributed by atoms with Crippen molar-refractivity contribution in [2.45, 2.75) is 20.3 Å². The van der Waals surface area contributed by atoms with Gasteiger partial charge in [0.15, 0.2) is 0 Å². The Kier molecular flexibility index (Phi) is 2.76. The second-order valence-electron chi connectivity index (χ2n) is 3.92. The quantitative estimate of drug-likeness (QED) is 0.763. The lowest BCUT2D eigenvalue weighted by Crippen LogP contribution is -1.97. The van der Waals surface area contributed by atoms with Gasteiger partial charge in [-0.1, -0.05) is 13.8 Å². The Balaban J connectivity index is 2.21. The van der Waals surface area contributed by atoms with E-state index in [1.807, 2.05) is 10.8 Å². The predicted octanol–water partition coefficient (Wildman–Crippen LogP) is 1.86. The first-order chi connectivity index (χ1) is 7.25. The fourth-order valence-electron chi connectivity index (χ4n) is 1.42. The summed E-state index contributed by atoms with van der Waals surface area (Å²) < 4.78 is 1.84. The SMILES string of the molecule is CC(C)Cc1cn(-c2ncccn2)cn1. The summed E-state index contributed by atoms with van der Waals surface area (Å²) in [5.41, 5.74) is 1.08. The van der Waals surface area contributed by atoms with Crippen molar-refractivity contribution in [3.8, 4) is 5.95 Å². The van der Waals surface area contributed by atoms with Gasteiger partial charge < -0.3 is 0 Å². The topological polar surface area (TPSA) is 43.6 Å². The lowest BCUT2D eigenvalue weighted by molar-refractivity contribution is 0.637. The molecule has 2 heterocycles. The molecule has 0 aliphatic heterocycles. The molecule has 0 amide bonds. The van der Waals surface area contributed by atoms with Crippen molar-refractivity contribution in [1.82, 2.24) is 19.5 Å². The highest BCUT2D eigenvalue weighted by Gasteiger charge is 2.03. The normalized spacial score (nSPS) is 10.9. The maximum Gasteiger partial charge on any atom is 0.234 e. The molecule has 0 spiro atoms. The van der Waals surface area contributed by atoms with Crippen LogP contribution < -0.4 is 0 Å². The van der Waals surface area contributed by atoms with Gasteiger partial charge >= 0.3 is 0 Å². The van der Waals surface area contributed by atoms with E-state index in [4.69, 9.17) is 0 Å². The number of hydrogen-bond acceptors (Lipinski definition) is 3. The van der Waals surface area contributed by atoms with Crippen LogP contribution in [0.1, 0.15) is 19.5 Å². The van der Waals surface area contributed by atoms with Gasteiger partial charge in [-0.2, -0.15) is 0 Å². The average Bonchev–Trinajstić information content (AvgIpc) is 2.67. The molecule has 0 aliphatic rings. The van der Waals surface area contributed by atoms with Crippen LogP contribution in [0, 0.1) is 5.92 Å². The maximum absolute atomic E-state index is 4.32. The zero-order chi connectivity index (χ0) is 10.7. The van der Waals surface area contributed by atoms with E-state index in [9.17, 15) is 0 Å². The second kappa shape index (κ2) is 4.21. The van der Waals surface area contributed by atoms with Crippen LogP contribution in [-0.4, -0.2) is 19.5 Å².